The number of ketones is 1. The molecule has 2 aromatic carbocycles. The molecule has 8 nitrogen and oxygen atoms in total. The maximum atomic E-state index is 12.4. The first-order valence-corrected chi connectivity index (χ1v) is 10.1. The Balaban J connectivity index is 0.00000385. The molecule has 0 saturated carbocycles. The topological polar surface area (TPSA) is 116 Å². The molecule has 0 aliphatic carbocycles. The summed E-state index contributed by atoms with van der Waals surface area (Å²) in [5.74, 6) is -2.20. The second-order valence-electron chi connectivity index (χ2n) is 7.77. The zero-order valence-electron chi connectivity index (χ0n) is 17.9. The molecule has 3 rings (SSSR count). The average Bonchev–Trinajstić information content (AvgIpc) is 2.75. The molecular formula is C24H26N3NaO5. The van der Waals surface area contributed by atoms with Crippen molar-refractivity contribution in [3.05, 3.63) is 83.1 Å². The van der Waals surface area contributed by atoms with Crippen molar-refractivity contribution >= 4 is 53.2 Å². The molecule has 33 heavy (non-hydrogen) atoms. The number of aliphatic carboxylic acids is 1. The van der Waals surface area contributed by atoms with Gasteiger partial charge in [0.25, 0.3) is 5.91 Å². The Hall–Kier alpha value is -2.94. The van der Waals surface area contributed by atoms with Crippen LogP contribution in [0.25, 0.3) is 0 Å². The molecule has 0 spiro atoms. The van der Waals surface area contributed by atoms with Crippen molar-refractivity contribution in [1.82, 2.24) is 15.5 Å². The molecule has 2 aromatic rings. The normalized spacial score (nSPS) is 16.1. The van der Waals surface area contributed by atoms with Gasteiger partial charge in [-0.15, -0.1) is 0 Å². The van der Waals surface area contributed by atoms with Crippen molar-refractivity contribution in [3.63, 3.8) is 0 Å². The number of nitrogens with one attached hydrogen (secondary N) is 2. The SMILES string of the molecule is Cc1ccc(Cc2ccc(C(CC(=O)O)NC(=O)NC3C(=O)C=CN(C)C3=O)cc2)cc1.[NaH]. The fourth-order valence-electron chi connectivity index (χ4n) is 3.38. The van der Waals surface area contributed by atoms with Gasteiger partial charge in [0.2, 0.25) is 0 Å². The summed E-state index contributed by atoms with van der Waals surface area (Å²) < 4.78 is 0. The molecule has 2 atom stereocenters. The summed E-state index contributed by atoms with van der Waals surface area (Å²) in [4.78, 5) is 49.1. The number of aryl methyl sites for hydroxylation is 1. The standard InChI is InChI=1S/C24H25N3O5.Na.H/c1-15-3-5-16(6-4-15)13-17-7-9-18(10-8-17)19(14-21(29)30)25-24(32)26-22-20(28)11-12-27(2)23(22)31;;/h3-12,19,22H,13-14H2,1-2H3,(H,29,30)(H2,25,26,32);;. The van der Waals surface area contributed by atoms with E-state index in [9.17, 15) is 24.3 Å². The molecule has 168 valence electrons. The van der Waals surface area contributed by atoms with Gasteiger partial charge in [0, 0.05) is 19.3 Å². The Morgan fingerprint density at radius 3 is 2.18 bits per heavy atom. The van der Waals surface area contributed by atoms with E-state index in [0.29, 0.717) is 5.56 Å². The van der Waals surface area contributed by atoms with Crippen LogP contribution in [0, 0.1) is 6.92 Å². The number of rotatable bonds is 7. The third-order valence-corrected chi connectivity index (χ3v) is 5.21. The fraction of sp³-hybridized carbons (Fsp3) is 0.250. The van der Waals surface area contributed by atoms with E-state index in [1.54, 1.807) is 12.1 Å². The van der Waals surface area contributed by atoms with Crippen LogP contribution < -0.4 is 10.6 Å². The Kier molecular flexibility index (Phi) is 9.40. The molecule has 0 bridgehead atoms. The molecule has 0 saturated heterocycles. The van der Waals surface area contributed by atoms with Crippen molar-refractivity contribution in [2.75, 3.05) is 7.05 Å². The van der Waals surface area contributed by atoms with Crippen LogP contribution in [0.15, 0.2) is 60.8 Å². The predicted molar refractivity (Wildman–Crippen MR) is 125 cm³/mol. The first-order valence-electron chi connectivity index (χ1n) is 10.1. The number of amides is 3. The van der Waals surface area contributed by atoms with Crippen LogP contribution in [-0.4, -0.2) is 76.3 Å². The molecule has 3 N–H and O–H groups in total. The molecule has 0 aromatic heterocycles. The summed E-state index contributed by atoms with van der Waals surface area (Å²) in [5.41, 5.74) is 3.99. The monoisotopic (exact) mass is 459 g/mol. The van der Waals surface area contributed by atoms with Crippen LogP contribution in [0.2, 0.25) is 0 Å². The summed E-state index contributed by atoms with van der Waals surface area (Å²) in [6.07, 6.45) is 2.90. The number of hydrogen-bond acceptors (Lipinski definition) is 4. The number of urea groups is 1. The third kappa shape index (κ3) is 7.28. The third-order valence-electron chi connectivity index (χ3n) is 5.21. The van der Waals surface area contributed by atoms with E-state index >= 15 is 0 Å². The number of carboxylic acids is 1. The van der Waals surface area contributed by atoms with E-state index in [0.717, 1.165) is 17.5 Å². The van der Waals surface area contributed by atoms with Crippen LogP contribution in [0.3, 0.4) is 0 Å². The quantitative estimate of drug-likeness (QED) is 0.430. The van der Waals surface area contributed by atoms with Crippen LogP contribution in [0.4, 0.5) is 4.79 Å². The van der Waals surface area contributed by atoms with Gasteiger partial charge in [-0.2, -0.15) is 0 Å². The maximum absolute atomic E-state index is 12.4. The van der Waals surface area contributed by atoms with E-state index in [1.807, 2.05) is 31.2 Å². The number of carbonyl (C=O) groups is 4. The number of carbonyl (C=O) groups excluding carboxylic acids is 3. The Morgan fingerprint density at radius 2 is 1.61 bits per heavy atom. The van der Waals surface area contributed by atoms with Crippen LogP contribution in [0.1, 0.15) is 34.7 Å². The van der Waals surface area contributed by atoms with Gasteiger partial charge >= 0.3 is 41.6 Å². The molecule has 1 heterocycles. The van der Waals surface area contributed by atoms with E-state index in [4.69, 9.17) is 0 Å². The minimum atomic E-state index is -1.34. The van der Waals surface area contributed by atoms with Crippen molar-refractivity contribution in [2.24, 2.45) is 0 Å². The van der Waals surface area contributed by atoms with Crippen molar-refractivity contribution in [3.8, 4) is 0 Å². The Bertz CT molecular complexity index is 1050. The number of carboxylic acid groups (broad SMARTS) is 1. The van der Waals surface area contributed by atoms with Crippen LogP contribution >= 0.6 is 0 Å². The molecular weight excluding hydrogens is 433 g/mol. The zero-order chi connectivity index (χ0) is 23.3. The summed E-state index contributed by atoms with van der Waals surface area (Å²) in [5, 5.41) is 14.2. The van der Waals surface area contributed by atoms with Gasteiger partial charge < -0.3 is 20.6 Å². The van der Waals surface area contributed by atoms with Crippen molar-refractivity contribution < 1.29 is 24.3 Å². The van der Waals surface area contributed by atoms with Gasteiger partial charge in [0.05, 0.1) is 12.5 Å². The number of hydrogen-bond donors (Lipinski definition) is 3. The molecule has 3 amide bonds. The van der Waals surface area contributed by atoms with Gasteiger partial charge in [-0.25, -0.2) is 4.79 Å². The Morgan fingerprint density at radius 1 is 1.03 bits per heavy atom. The summed E-state index contributed by atoms with van der Waals surface area (Å²) in [6, 6.07) is 12.6. The molecule has 1 aliphatic heterocycles. The first-order chi connectivity index (χ1) is 15.2. The summed E-state index contributed by atoms with van der Waals surface area (Å²) >= 11 is 0. The fourth-order valence-corrected chi connectivity index (χ4v) is 3.38. The van der Waals surface area contributed by atoms with Crippen LogP contribution in [-0.2, 0) is 20.8 Å². The molecule has 0 radical (unpaired) electrons. The molecule has 2 unspecified atom stereocenters. The summed E-state index contributed by atoms with van der Waals surface area (Å²) in [7, 11) is 1.48. The number of benzene rings is 2. The average molecular weight is 459 g/mol. The van der Waals surface area contributed by atoms with Gasteiger partial charge in [0.1, 0.15) is 0 Å². The van der Waals surface area contributed by atoms with E-state index in [-0.39, 0.29) is 36.0 Å². The first kappa shape index (κ1) is 26.3. The van der Waals surface area contributed by atoms with Crippen molar-refractivity contribution in [1.29, 1.82) is 0 Å². The van der Waals surface area contributed by atoms with E-state index < -0.39 is 35.8 Å². The molecule has 9 heteroatoms. The zero-order valence-corrected chi connectivity index (χ0v) is 17.9. The minimum absolute atomic E-state index is 0. The van der Waals surface area contributed by atoms with Gasteiger partial charge in [-0.05, 0) is 30.0 Å². The van der Waals surface area contributed by atoms with Gasteiger partial charge in [0.15, 0.2) is 11.8 Å². The Labute approximate surface area is 214 Å². The molecule has 0 fully saturated rings. The second kappa shape index (κ2) is 11.8. The number of nitrogens with zero attached hydrogens (tertiary/aromatic N) is 1. The van der Waals surface area contributed by atoms with Gasteiger partial charge in [-0.3, -0.25) is 14.4 Å². The molecule has 1 aliphatic rings. The van der Waals surface area contributed by atoms with Gasteiger partial charge in [-0.1, -0.05) is 54.1 Å². The van der Waals surface area contributed by atoms with Crippen LogP contribution in [0.5, 0.6) is 0 Å². The predicted octanol–water partition coefficient (Wildman–Crippen LogP) is 1.68. The van der Waals surface area contributed by atoms with E-state index in [1.165, 1.54) is 29.8 Å². The second-order valence-corrected chi connectivity index (χ2v) is 7.77. The van der Waals surface area contributed by atoms with E-state index in [2.05, 4.69) is 22.8 Å². The summed E-state index contributed by atoms with van der Waals surface area (Å²) in [6.45, 7) is 2.03. The number of likely N-dealkylation sites (N-methyl/N-ethyl adjacent to an activating group) is 1. The van der Waals surface area contributed by atoms with Crippen molar-refractivity contribution in [2.45, 2.75) is 31.8 Å².